The largest absolute Gasteiger partial charge is 0.362 e. The van der Waals surface area contributed by atoms with E-state index in [4.69, 9.17) is 0 Å². The van der Waals surface area contributed by atoms with Crippen molar-refractivity contribution < 1.29 is 0 Å². The Balaban J connectivity index is 1.68. The summed E-state index contributed by atoms with van der Waals surface area (Å²) in [5.74, 6) is 0.975. The first-order chi connectivity index (χ1) is 7.38. The second-order valence-electron chi connectivity index (χ2n) is 4.36. The third-order valence-electron chi connectivity index (χ3n) is 3.22. The summed E-state index contributed by atoms with van der Waals surface area (Å²) in [6.07, 6.45) is 8.14. The molecule has 0 bridgehead atoms. The molecule has 1 N–H and O–H groups in total. The minimum atomic E-state index is 0.975. The van der Waals surface area contributed by atoms with Crippen molar-refractivity contribution >= 4 is 16.5 Å². The van der Waals surface area contributed by atoms with Crippen LogP contribution in [-0.4, -0.2) is 11.5 Å². The molecule has 84 valence electrons. The number of hydrogen-bond donors (Lipinski definition) is 1. The van der Waals surface area contributed by atoms with Gasteiger partial charge in [0.15, 0.2) is 5.13 Å². The minimum absolute atomic E-state index is 0.975. The molecule has 1 fully saturated rings. The summed E-state index contributed by atoms with van der Waals surface area (Å²) in [6.45, 7) is 3.25. The molecule has 2 nitrogen and oxygen atoms in total. The maximum atomic E-state index is 4.50. The number of aromatic nitrogens is 1. The fourth-order valence-electron chi connectivity index (χ4n) is 2.23. The lowest BCUT2D eigenvalue weighted by atomic mass is 10.0. The van der Waals surface area contributed by atoms with Gasteiger partial charge in [0.05, 0.1) is 5.69 Å². The van der Waals surface area contributed by atoms with E-state index in [1.807, 2.05) is 0 Å². The van der Waals surface area contributed by atoms with Crippen LogP contribution in [-0.2, 0) is 6.42 Å². The van der Waals surface area contributed by atoms with E-state index in [1.54, 1.807) is 11.3 Å². The van der Waals surface area contributed by atoms with Gasteiger partial charge in [0.2, 0.25) is 0 Å². The molecule has 3 heteroatoms. The van der Waals surface area contributed by atoms with Crippen molar-refractivity contribution in [2.75, 3.05) is 11.9 Å². The van der Waals surface area contributed by atoms with Crippen molar-refractivity contribution in [3.8, 4) is 0 Å². The van der Waals surface area contributed by atoms with Crippen LogP contribution in [0.4, 0.5) is 5.13 Å². The highest BCUT2D eigenvalue weighted by Gasteiger charge is 2.14. The Kier molecular flexibility index (Phi) is 4.01. The van der Waals surface area contributed by atoms with Crippen molar-refractivity contribution in [1.29, 1.82) is 0 Å². The van der Waals surface area contributed by atoms with Crippen LogP contribution in [0.1, 0.15) is 44.7 Å². The lowest BCUT2D eigenvalue weighted by Gasteiger charge is -2.08. The van der Waals surface area contributed by atoms with Crippen molar-refractivity contribution in [3.05, 3.63) is 11.1 Å². The van der Waals surface area contributed by atoms with Gasteiger partial charge in [-0.25, -0.2) is 4.98 Å². The average Bonchev–Trinajstić information content (AvgIpc) is 2.88. The summed E-state index contributed by atoms with van der Waals surface area (Å²) < 4.78 is 0. The van der Waals surface area contributed by atoms with E-state index in [-0.39, 0.29) is 0 Å². The predicted octanol–water partition coefficient (Wildman–Crippen LogP) is 3.70. The van der Waals surface area contributed by atoms with E-state index >= 15 is 0 Å². The van der Waals surface area contributed by atoms with Gasteiger partial charge in [-0.1, -0.05) is 32.6 Å². The first-order valence-electron chi connectivity index (χ1n) is 6.06. The molecule has 1 saturated carbocycles. The van der Waals surface area contributed by atoms with E-state index in [2.05, 4.69) is 22.6 Å². The summed E-state index contributed by atoms with van der Waals surface area (Å²) in [7, 11) is 0. The van der Waals surface area contributed by atoms with Crippen LogP contribution < -0.4 is 5.32 Å². The highest BCUT2D eigenvalue weighted by atomic mass is 32.1. The monoisotopic (exact) mass is 224 g/mol. The molecule has 1 aromatic rings. The summed E-state index contributed by atoms with van der Waals surface area (Å²) in [4.78, 5) is 4.50. The lowest BCUT2D eigenvalue weighted by molar-refractivity contribution is 0.518. The van der Waals surface area contributed by atoms with Crippen molar-refractivity contribution in [2.45, 2.75) is 45.4 Å². The molecule has 0 aliphatic heterocycles. The molecule has 0 atom stereocenters. The number of thiazole rings is 1. The van der Waals surface area contributed by atoms with Crippen LogP contribution >= 0.6 is 11.3 Å². The molecular weight excluding hydrogens is 204 g/mol. The van der Waals surface area contributed by atoms with Gasteiger partial charge in [-0.15, -0.1) is 11.3 Å². The first kappa shape index (κ1) is 10.9. The quantitative estimate of drug-likeness (QED) is 0.825. The molecule has 0 saturated heterocycles. The zero-order valence-electron chi connectivity index (χ0n) is 9.46. The van der Waals surface area contributed by atoms with Gasteiger partial charge < -0.3 is 5.32 Å². The molecule has 0 aromatic carbocycles. The van der Waals surface area contributed by atoms with E-state index in [9.17, 15) is 0 Å². The predicted molar refractivity (Wildman–Crippen MR) is 66.6 cm³/mol. The first-order valence-corrected chi connectivity index (χ1v) is 6.94. The second-order valence-corrected chi connectivity index (χ2v) is 5.22. The van der Waals surface area contributed by atoms with E-state index < -0.39 is 0 Å². The van der Waals surface area contributed by atoms with Crippen LogP contribution in [0, 0.1) is 5.92 Å². The molecule has 1 heterocycles. The molecule has 0 radical (unpaired) electrons. The molecule has 0 amide bonds. The topological polar surface area (TPSA) is 24.9 Å². The highest BCUT2D eigenvalue weighted by molar-refractivity contribution is 7.13. The summed E-state index contributed by atoms with van der Waals surface area (Å²) in [5, 5.41) is 6.69. The van der Waals surface area contributed by atoms with Gasteiger partial charge in [-0.2, -0.15) is 0 Å². The van der Waals surface area contributed by atoms with Crippen molar-refractivity contribution in [3.63, 3.8) is 0 Å². The van der Waals surface area contributed by atoms with Crippen LogP contribution in [0.15, 0.2) is 5.38 Å². The van der Waals surface area contributed by atoms with Gasteiger partial charge in [-0.3, -0.25) is 0 Å². The molecule has 0 spiro atoms. The van der Waals surface area contributed by atoms with E-state index in [0.717, 1.165) is 24.0 Å². The van der Waals surface area contributed by atoms with Crippen LogP contribution in [0.2, 0.25) is 0 Å². The molecule has 0 unspecified atom stereocenters. The number of anilines is 1. The second kappa shape index (κ2) is 5.50. The molecule has 15 heavy (non-hydrogen) atoms. The number of nitrogens with zero attached hydrogens (tertiary/aromatic N) is 1. The Hall–Kier alpha value is -0.570. The van der Waals surface area contributed by atoms with E-state index in [1.165, 1.54) is 37.8 Å². The van der Waals surface area contributed by atoms with Crippen LogP contribution in [0.3, 0.4) is 0 Å². The number of hydrogen-bond acceptors (Lipinski definition) is 3. The van der Waals surface area contributed by atoms with Crippen LogP contribution in [0.5, 0.6) is 0 Å². The maximum absolute atomic E-state index is 4.50. The van der Waals surface area contributed by atoms with E-state index in [0.29, 0.717) is 0 Å². The fourth-order valence-corrected chi connectivity index (χ4v) is 3.06. The number of nitrogens with one attached hydrogen (secondary N) is 1. The molecular formula is C12H20N2S. The van der Waals surface area contributed by atoms with Gasteiger partial charge in [0.1, 0.15) is 0 Å². The summed E-state index contributed by atoms with van der Waals surface area (Å²) in [5.41, 5.74) is 1.21. The van der Waals surface area contributed by atoms with Gasteiger partial charge >= 0.3 is 0 Å². The van der Waals surface area contributed by atoms with Gasteiger partial charge in [0.25, 0.3) is 0 Å². The molecule has 1 aliphatic carbocycles. The van der Waals surface area contributed by atoms with Crippen LogP contribution in [0.25, 0.3) is 0 Å². The van der Waals surface area contributed by atoms with Crippen molar-refractivity contribution in [1.82, 2.24) is 4.98 Å². The van der Waals surface area contributed by atoms with Gasteiger partial charge in [-0.05, 0) is 18.8 Å². The van der Waals surface area contributed by atoms with Gasteiger partial charge in [0, 0.05) is 11.9 Å². The summed E-state index contributed by atoms with van der Waals surface area (Å²) >= 11 is 1.73. The average molecular weight is 224 g/mol. The number of aryl methyl sites for hydroxylation is 1. The molecule has 2 rings (SSSR count). The standard InChI is InChI=1S/C12H20N2S/c1-2-11-9-15-12(14-11)13-8-7-10-5-3-4-6-10/h9-10H,2-8H2,1H3,(H,13,14). The van der Waals surface area contributed by atoms with Crippen molar-refractivity contribution in [2.24, 2.45) is 5.92 Å². The third kappa shape index (κ3) is 3.20. The smallest absolute Gasteiger partial charge is 0.182 e. The minimum Gasteiger partial charge on any atom is -0.362 e. The Morgan fingerprint density at radius 3 is 2.93 bits per heavy atom. The normalized spacial score (nSPS) is 17.1. The number of rotatable bonds is 5. The molecule has 1 aromatic heterocycles. The molecule has 1 aliphatic rings. The Labute approximate surface area is 96.1 Å². The third-order valence-corrected chi connectivity index (χ3v) is 4.07. The zero-order chi connectivity index (χ0) is 10.5. The lowest BCUT2D eigenvalue weighted by Crippen LogP contribution is -2.06. The highest BCUT2D eigenvalue weighted by Crippen LogP contribution is 2.27. The SMILES string of the molecule is CCc1csc(NCCC2CCCC2)n1. The summed E-state index contributed by atoms with van der Waals surface area (Å²) in [6, 6.07) is 0. The Morgan fingerprint density at radius 2 is 2.27 bits per heavy atom. The Bertz CT molecular complexity index is 290. The fraction of sp³-hybridized carbons (Fsp3) is 0.750. The zero-order valence-corrected chi connectivity index (χ0v) is 10.3. The maximum Gasteiger partial charge on any atom is 0.182 e. The Morgan fingerprint density at radius 1 is 1.47 bits per heavy atom.